The van der Waals surface area contributed by atoms with Crippen LogP contribution in [0.4, 0.5) is 0 Å². The minimum absolute atomic E-state index is 0.181. The lowest BCUT2D eigenvalue weighted by molar-refractivity contribution is 1.17. The summed E-state index contributed by atoms with van der Waals surface area (Å²) in [6, 6.07) is 3.31. The van der Waals surface area contributed by atoms with Crippen LogP contribution in [0.15, 0.2) is 27.7 Å². The van der Waals surface area contributed by atoms with Crippen molar-refractivity contribution in [2.24, 2.45) is 0 Å². The number of H-pyrrole nitrogens is 1. The third-order valence-electron chi connectivity index (χ3n) is 1.68. The summed E-state index contributed by atoms with van der Waals surface area (Å²) in [7, 11) is 0. The zero-order valence-electron chi connectivity index (χ0n) is 6.34. The quantitative estimate of drug-likeness (QED) is 0.794. The van der Waals surface area contributed by atoms with Crippen LogP contribution >= 0.6 is 27.5 Å². The average Bonchev–Trinajstić information content (AvgIpc) is 2.09. The SMILES string of the molecule is O=c1[nH]cn[13c]2[13cH][13c](Br)[13c](Cl)[13cH][13c]12. The first-order valence-corrected chi connectivity index (χ1v) is 4.68. The fraction of sp³-hybridized carbons (Fsp3) is 0. The zero-order valence-corrected chi connectivity index (χ0v) is 8.69. The molecule has 2 rings (SSSR count). The van der Waals surface area contributed by atoms with E-state index in [2.05, 4.69) is 25.9 Å². The number of nitrogens with zero attached hydrogens (tertiary/aromatic N) is 1. The largest absolute Gasteiger partial charge is 0.313 e. The first-order valence-electron chi connectivity index (χ1n) is 3.51. The maximum atomic E-state index is 11.3. The van der Waals surface area contributed by atoms with Crippen molar-refractivity contribution in [2.75, 3.05) is 0 Å². The molecule has 0 bridgehead atoms. The van der Waals surface area contributed by atoms with Crippen molar-refractivity contribution in [3.05, 3.63) is 38.3 Å². The molecule has 0 amide bonds. The zero-order chi connectivity index (χ0) is 9.42. The van der Waals surface area contributed by atoms with Crippen molar-refractivity contribution in [1.29, 1.82) is 0 Å². The molecule has 2 aromatic rings. The lowest BCUT2D eigenvalue weighted by Crippen LogP contribution is -2.05. The van der Waals surface area contributed by atoms with Gasteiger partial charge in [-0.25, -0.2) is 4.98 Å². The highest BCUT2D eigenvalue weighted by Crippen LogP contribution is 2.25. The molecule has 0 aliphatic rings. The Labute approximate surface area is 86.9 Å². The number of rotatable bonds is 0. The van der Waals surface area contributed by atoms with Crippen molar-refractivity contribution in [3.8, 4) is 0 Å². The third kappa shape index (κ3) is 1.47. The van der Waals surface area contributed by atoms with Gasteiger partial charge < -0.3 is 4.98 Å². The van der Waals surface area contributed by atoms with E-state index < -0.39 is 0 Å². The van der Waals surface area contributed by atoms with E-state index in [0.717, 1.165) is 4.47 Å². The molecular weight excluding hydrogens is 261 g/mol. The van der Waals surface area contributed by atoms with Crippen molar-refractivity contribution < 1.29 is 0 Å². The monoisotopic (exact) mass is 264 g/mol. The molecule has 1 N–H and O–H groups in total. The average molecular weight is 265 g/mol. The van der Waals surface area contributed by atoms with Gasteiger partial charge in [0.05, 0.1) is 22.3 Å². The molecule has 1 heterocycles. The molecule has 0 fully saturated rings. The standard InChI is InChI=1S/C8H4BrClN2O/c9-5-2-7-4(1-6(5)10)8(13)12-3-11-7/h1-3H,(H,11,12,13)/i1+1,2+1,4+1,5+1,6+1,7+1. The predicted molar refractivity (Wildman–Crippen MR) is 55.1 cm³/mol. The molecule has 1 aromatic heterocycles. The van der Waals surface area contributed by atoms with Crippen LogP contribution in [0.2, 0.25) is 5.02 Å². The molecule has 0 atom stereocenters. The van der Waals surface area contributed by atoms with Crippen LogP contribution in [0.25, 0.3) is 10.9 Å². The van der Waals surface area contributed by atoms with Gasteiger partial charge in [0, 0.05) is 4.47 Å². The Hall–Kier alpha value is -0.870. The molecule has 0 saturated carbocycles. The first-order chi connectivity index (χ1) is 6.18. The van der Waals surface area contributed by atoms with Gasteiger partial charge in [-0.1, -0.05) is 11.6 Å². The lowest BCUT2D eigenvalue weighted by Gasteiger charge is -1.98. The highest BCUT2D eigenvalue weighted by molar-refractivity contribution is 9.10. The minimum Gasteiger partial charge on any atom is -0.313 e. The first kappa shape index (κ1) is 8.72. The number of hydrogen-bond donors (Lipinski definition) is 1. The Morgan fingerprint density at radius 1 is 1.46 bits per heavy atom. The fourth-order valence-electron chi connectivity index (χ4n) is 1.06. The van der Waals surface area contributed by atoms with Crippen molar-refractivity contribution in [3.63, 3.8) is 0 Å². The van der Waals surface area contributed by atoms with Gasteiger partial charge in [-0.15, -0.1) is 0 Å². The molecule has 5 heteroatoms. The summed E-state index contributed by atoms with van der Waals surface area (Å²) in [5.41, 5.74) is 0.444. The second-order valence-corrected chi connectivity index (χ2v) is 3.78. The van der Waals surface area contributed by atoms with E-state index in [0.29, 0.717) is 15.9 Å². The fourth-order valence-corrected chi connectivity index (χ4v) is 1.56. The second-order valence-electron chi connectivity index (χ2n) is 2.52. The summed E-state index contributed by atoms with van der Waals surface area (Å²) in [5, 5.41) is 1.00. The van der Waals surface area contributed by atoms with Crippen LogP contribution in [0.5, 0.6) is 0 Å². The molecule has 1 aromatic carbocycles. The van der Waals surface area contributed by atoms with E-state index in [1.54, 1.807) is 12.1 Å². The number of hydrogen-bond acceptors (Lipinski definition) is 2. The summed E-state index contributed by atoms with van der Waals surface area (Å²) < 4.78 is 0.736. The van der Waals surface area contributed by atoms with Crippen molar-refractivity contribution >= 4 is 38.4 Å². The minimum atomic E-state index is -0.181. The van der Waals surface area contributed by atoms with Crippen LogP contribution in [0.3, 0.4) is 0 Å². The number of fused-ring (bicyclic) bond motifs is 1. The van der Waals surface area contributed by atoms with E-state index in [4.69, 9.17) is 11.6 Å². The van der Waals surface area contributed by atoms with Gasteiger partial charge in [-0.05, 0) is 28.1 Å². The second kappa shape index (κ2) is 3.12. The number of benzene rings is 1. The third-order valence-corrected chi connectivity index (χ3v) is 2.88. The summed E-state index contributed by atoms with van der Waals surface area (Å²) in [6.45, 7) is 0. The van der Waals surface area contributed by atoms with Crippen molar-refractivity contribution in [1.82, 2.24) is 9.97 Å². The molecule has 0 aliphatic heterocycles. The molecule has 0 saturated heterocycles. The Bertz CT molecular complexity index is 523. The van der Waals surface area contributed by atoms with Crippen LogP contribution in [-0.4, -0.2) is 9.97 Å². The highest BCUT2D eigenvalue weighted by atomic mass is 79.9. The van der Waals surface area contributed by atoms with E-state index >= 15 is 0 Å². The van der Waals surface area contributed by atoms with E-state index in [1.807, 2.05) is 0 Å². The van der Waals surface area contributed by atoms with Crippen molar-refractivity contribution in [2.45, 2.75) is 0 Å². The maximum absolute atomic E-state index is 11.3. The topological polar surface area (TPSA) is 45.8 Å². The van der Waals surface area contributed by atoms with Crippen LogP contribution in [-0.2, 0) is 0 Å². The Morgan fingerprint density at radius 3 is 3.00 bits per heavy atom. The Kier molecular flexibility index (Phi) is 2.09. The smallest absolute Gasteiger partial charge is 0.258 e. The van der Waals surface area contributed by atoms with Crippen LogP contribution < -0.4 is 5.56 Å². The number of aromatic amines is 1. The van der Waals surface area contributed by atoms with E-state index in [1.165, 1.54) is 6.33 Å². The predicted octanol–water partition coefficient (Wildman–Crippen LogP) is 2.34. The molecule has 0 unspecified atom stereocenters. The number of nitrogens with one attached hydrogen (secondary N) is 1. The molecule has 0 radical (unpaired) electrons. The Balaban J connectivity index is 2.97. The molecule has 3 nitrogen and oxygen atoms in total. The van der Waals surface area contributed by atoms with Gasteiger partial charge in [0.1, 0.15) is 0 Å². The summed E-state index contributed by atoms with van der Waals surface area (Å²) in [4.78, 5) is 17.8. The van der Waals surface area contributed by atoms with E-state index in [-0.39, 0.29) is 5.56 Å². The summed E-state index contributed by atoms with van der Waals surface area (Å²) in [5.74, 6) is 0. The van der Waals surface area contributed by atoms with Gasteiger partial charge in [0.2, 0.25) is 0 Å². The molecular formula is C8H4BrClN2O. The van der Waals surface area contributed by atoms with Crippen LogP contribution in [0.1, 0.15) is 0 Å². The molecule has 66 valence electrons. The lowest BCUT2D eigenvalue weighted by atomic mass is 10.9. The Morgan fingerprint density at radius 2 is 2.23 bits per heavy atom. The van der Waals surface area contributed by atoms with Gasteiger partial charge >= 0.3 is 0 Å². The molecule has 0 spiro atoms. The number of aromatic nitrogens is 2. The van der Waals surface area contributed by atoms with Crippen LogP contribution in [0, 0.1) is 0 Å². The van der Waals surface area contributed by atoms with Gasteiger partial charge in [-0.2, -0.15) is 0 Å². The van der Waals surface area contributed by atoms with Gasteiger partial charge in [0.15, 0.2) is 0 Å². The van der Waals surface area contributed by atoms with E-state index in [9.17, 15) is 4.79 Å². The molecule has 13 heavy (non-hydrogen) atoms. The summed E-state index contributed by atoms with van der Waals surface area (Å²) >= 11 is 9.09. The van der Waals surface area contributed by atoms with Gasteiger partial charge in [0.25, 0.3) is 5.56 Å². The number of halogens is 2. The molecule has 0 aliphatic carbocycles. The van der Waals surface area contributed by atoms with Gasteiger partial charge in [-0.3, -0.25) is 4.79 Å². The maximum Gasteiger partial charge on any atom is 0.258 e. The normalized spacial score (nSPS) is 10.6. The highest BCUT2D eigenvalue weighted by Gasteiger charge is 2.03. The summed E-state index contributed by atoms with van der Waals surface area (Å²) in [6.07, 6.45) is 1.37.